The summed E-state index contributed by atoms with van der Waals surface area (Å²) in [5.41, 5.74) is 0.539. The Hall–Kier alpha value is -2.01. The first-order valence-electron chi connectivity index (χ1n) is 6.51. The van der Waals surface area contributed by atoms with Gasteiger partial charge in [-0.2, -0.15) is 0 Å². The van der Waals surface area contributed by atoms with E-state index in [1.54, 1.807) is 43.3 Å². The quantitative estimate of drug-likeness (QED) is 0.797. The first kappa shape index (κ1) is 15.4. The van der Waals surface area contributed by atoms with Crippen molar-refractivity contribution in [3.63, 3.8) is 0 Å². The molecule has 0 bridgehead atoms. The number of halogens is 1. The Kier molecular flexibility index (Phi) is 5.22. The monoisotopic (exact) mass is 306 g/mol. The first-order chi connectivity index (χ1) is 10.1. The molecule has 2 rings (SSSR count). The van der Waals surface area contributed by atoms with Gasteiger partial charge < -0.3 is 4.74 Å². The minimum atomic E-state index is -1.86. The molecular formula is C16H15FO3S. The Bertz CT molecular complexity index is 643. The molecule has 2 unspecified atom stereocenters. The Morgan fingerprint density at radius 3 is 2.38 bits per heavy atom. The van der Waals surface area contributed by atoms with Crippen LogP contribution < -0.4 is 0 Å². The molecule has 21 heavy (non-hydrogen) atoms. The number of hydrogen-bond acceptors (Lipinski definition) is 3. The summed E-state index contributed by atoms with van der Waals surface area (Å²) in [4.78, 5) is 12.1. The zero-order valence-corrected chi connectivity index (χ0v) is 12.3. The van der Waals surface area contributed by atoms with Crippen molar-refractivity contribution < 1.29 is 18.1 Å². The van der Waals surface area contributed by atoms with E-state index in [-0.39, 0.29) is 11.5 Å². The van der Waals surface area contributed by atoms with Crippen molar-refractivity contribution >= 4 is 16.8 Å². The van der Waals surface area contributed by atoms with Crippen LogP contribution in [0.5, 0.6) is 0 Å². The van der Waals surface area contributed by atoms with Gasteiger partial charge in [0.25, 0.3) is 0 Å². The second-order valence-electron chi connectivity index (χ2n) is 4.27. The standard InChI is InChI=1S/C16H15FO3S/c1-2-20-16(18)15(12-8-4-3-5-9-12)21(19)14-11-7-6-10-13(14)17/h3-11,15H,2H2,1H3. The van der Waals surface area contributed by atoms with Crippen molar-refractivity contribution in [1.29, 1.82) is 0 Å². The average molecular weight is 306 g/mol. The highest BCUT2D eigenvalue weighted by atomic mass is 32.2. The number of ether oxygens (including phenoxy) is 1. The summed E-state index contributed by atoms with van der Waals surface area (Å²) in [6.07, 6.45) is 0. The summed E-state index contributed by atoms with van der Waals surface area (Å²) in [6.45, 7) is 1.85. The van der Waals surface area contributed by atoms with Crippen LogP contribution in [0.3, 0.4) is 0 Å². The molecule has 0 amide bonds. The van der Waals surface area contributed by atoms with Crippen LogP contribution in [0, 0.1) is 5.82 Å². The summed E-state index contributed by atoms with van der Waals surface area (Å²) in [5.74, 6) is -1.22. The molecule has 0 saturated heterocycles. The molecule has 3 nitrogen and oxygen atoms in total. The molecular weight excluding hydrogens is 291 g/mol. The highest BCUT2D eigenvalue weighted by Gasteiger charge is 2.30. The van der Waals surface area contributed by atoms with Crippen LogP contribution >= 0.6 is 0 Å². The van der Waals surface area contributed by atoms with Crippen molar-refractivity contribution in [2.75, 3.05) is 6.61 Å². The zero-order valence-electron chi connectivity index (χ0n) is 11.5. The molecule has 0 heterocycles. The maximum Gasteiger partial charge on any atom is 0.326 e. The number of esters is 1. The summed E-state index contributed by atoms with van der Waals surface area (Å²) >= 11 is 0. The third-order valence-corrected chi connectivity index (χ3v) is 4.53. The molecule has 2 aromatic carbocycles. The van der Waals surface area contributed by atoms with Crippen molar-refractivity contribution in [3.8, 4) is 0 Å². The molecule has 0 radical (unpaired) electrons. The SMILES string of the molecule is CCOC(=O)C(c1ccccc1)S(=O)c1ccccc1F. The molecule has 2 aromatic rings. The molecule has 0 saturated carbocycles. The summed E-state index contributed by atoms with van der Waals surface area (Å²) < 4.78 is 31.5. The highest BCUT2D eigenvalue weighted by molar-refractivity contribution is 7.86. The van der Waals surface area contributed by atoms with Gasteiger partial charge in [0.15, 0.2) is 5.25 Å². The van der Waals surface area contributed by atoms with Gasteiger partial charge in [0.1, 0.15) is 5.82 Å². The van der Waals surface area contributed by atoms with Gasteiger partial charge in [0, 0.05) is 0 Å². The van der Waals surface area contributed by atoms with E-state index in [2.05, 4.69) is 0 Å². The van der Waals surface area contributed by atoms with Gasteiger partial charge in [-0.3, -0.25) is 9.00 Å². The number of hydrogen-bond donors (Lipinski definition) is 0. The molecule has 0 spiro atoms. The van der Waals surface area contributed by atoms with Crippen molar-refractivity contribution in [1.82, 2.24) is 0 Å². The van der Waals surface area contributed by atoms with Gasteiger partial charge >= 0.3 is 5.97 Å². The van der Waals surface area contributed by atoms with E-state index in [9.17, 15) is 13.4 Å². The van der Waals surface area contributed by atoms with E-state index in [1.165, 1.54) is 18.2 Å². The van der Waals surface area contributed by atoms with Crippen LogP contribution in [0.4, 0.5) is 4.39 Å². The van der Waals surface area contributed by atoms with E-state index in [0.717, 1.165) is 0 Å². The largest absolute Gasteiger partial charge is 0.465 e. The highest BCUT2D eigenvalue weighted by Crippen LogP contribution is 2.28. The fraction of sp³-hybridized carbons (Fsp3) is 0.188. The van der Waals surface area contributed by atoms with Gasteiger partial charge in [0.05, 0.1) is 22.3 Å². The second kappa shape index (κ2) is 7.13. The van der Waals surface area contributed by atoms with E-state index < -0.39 is 27.8 Å². The van der Waals surface area contributed by atoms with Crippen molar-refractivity contribution in [3.05, 3.63) is 66.0 Å². The third-order valence-electron chi connectivity index (χ3n) is 2.87. The molecule has 0 aromatic heterocycles. The number of carbonyl (C=O) groups excluding carboxylic acids is 1. The van der Waals surface area contributed by atoms with Crippen LogP contribution in [0.1, 0.15) is 17.7 Å². The average Bonchev–Trinajstić information content (AvgIpc) is 2.49. The van der Waals surface area contributed by atoms with E-state index in [0.29, 0.717) is 5.56 Å². The summed E-state index contributed by atoms with van der Waals surface area (Å²) in [7, 11) is -1.86. The minimum Gasteiger partial charge on any atom is -0.465 e. The molecule has 110 valence electrons. The molecule has 0 aliphatic heterocycles. The fourth-order valence-electron chi connectivity index (χ4n) is 1.93. The lowest BCUT2D eigenvalue weighted by Crippen LogP contribution is -2.21. The minimum absolute atomic E-state index is 0.000550. The van der Waals surface area contributed by atoms with Crippen molar-refractivity contribution in [2.24, 2.45) is 0 Å². The van der Waals surface area contributed by atoms with Gasteiger partial charge in [-0.25, -0.2) is 4.39 Å². The smallest absolute Gasteiger partial charge is 0.326 e. The molecule has 0 aliphatic rings. The topological polar surface area (TPSA) is 43.4 Å². The Balaban J connectivity index is 2.43. The number of carbonyl (C=O) groups is 1. The number of rotatable bonds is 5. The fourth-order valence-corrected chi connectivity index (χ4v) is 3.30. The van der Waals surface area contributed by atoms with E-state index in [4.69, 9.17) is 4.74 Å². The maximum atomic E-state index is 13.8. The third kappa shape index (κ3) is 3.55. The zero-order chi connectivity index (χ0) is 15.2. The lowest BCUT2D eigenvalue weighted by molar-refractivity contribution is -0.142. The lowest BCUT2D eigenvalue weighted by atomic mass is 10.1. The van der Waals surface area contributed by atoms with Gasteiger partial charge in [-0.05, 0) is 24.6 Å². The second-order valence-corrected chi connectivity index (χ2v) is 5.78. The van der Waals surface area contributed by atoms with Crippen LogP contribution in [-0.2, 0) is 20.3 Å². The van der Waals surface area contributed by atoms with Gasteiger partial charge in [-0.15, -0.1) is 0 Å². The van der Waals surface area contributed by atoms with Gasteiger partial charge in [-0.1, -0.05) is 42.5 Å². The Morgan fingerprint density at radius 2 is 1.76 bits per heavy atom. The molecule has 0 N–H and O–H groups in total. The summed E-state index contributed by atoms with van der Waals surface area (Å²) in [5, 5.41) is -1.04. The Morgan fingerprint density at radius 1 is 1.14 bits per heavy atom. The number of benzene rings is 2. The van der Waals surface area contributed by atoms with Crippen LogP contribution in [0.25, 0.3) is 0 Å². The molecule has 2 atom stereocenters. The lowest BCUT2D eigenvalue weighted by Gasteiger charge is -2.16. The maximum absolute atomic E-state index is 13.8. The molecule has 0 aliphatic carbocycles. The first-order valence-corrected chi connectivity index (χ1v) is 7.73. The van der Waals surface area contributed by atoms with Crippen LogP contribution in [0.2, 0.25) is 0 Å². The van der Waals surface area contributed by atoms with Gasteiger partial charge in [0.2, 0.25) is 0 Å². The predicted molar refractivity (Wildman–Crippen MR) is 78.6 cm³/mol. The van der Waals surface area contributed by atoms with E-state index >= 15 is 0 Å². The van der Waals surface area contributed by atoms with Crippen LogP contribution in [0.15, 0.2) is 59.5 Å². The van der Waals surface area contributed by atoms with E-state index in [1.807, 2.05) is 0 Å². The Labute approximate surface area is 125 Å². The predicted octanol–water partition coefficient (Wildman–Crippen LogP) is 3.24. The summed E-state index contributed by atoms with van der Waals surface area (Å²) in [6, 6.07) is 14.4. The van der Waals surface area contributed by atoms with Crippen LogP contribution in [-0.4, -0.2) is 16.8 Å². The molecule has 0 fully saturated rings. The molecule has 5 heteroatoms. The normalized spacial score (nSPS) is 13.4. The van der Waals surface area contributed by atoms with Crippen molar-refractivity contribution in [2.45, 2.75) is 17.1 Å².